The average Bonchev–Trinajstić information content (AvgIpc) is 2.54. The van der Waals surface area contributed by atoms with Gasteiger partial charge in [-0.05, 0) is 43.2 Å². The number of carbonyl (C=O) groups is 1. The maximum Gasteiger partial charge on any atom is 0.267 e. The predicted molar refractivity (Wildman–Crippen MR) is 93.3 cm³/mol. The van der Waals surface area contributed by atoms with Crippen molar-refractivity contribution in [1.29, 1.82) is 5.26 Å². The van der Waals surface area contributed by atoms with E-state index in [1.807, 2.05) is 38.1 Å². The fourth-order valence-corrected chi connectivity index (χ4v) is 2.14. The Morgan fingerprint density at radius 3 is 2.52 bits per heavy atom. The monoisotopic (exact) mass is 325 g/mol. The van der Waals surface area contributed by atoms with Gasteiger partial charge in [-0.2, -0.15) is 5.26 Å². The van der Waals surface area contributed by atoms with Crippen LogP contribution in [0.15, 0.2) is 54.2 Å². The molecule has 0 atom stereocenters. The Hall–Kier alpha value is -2.77. The predicted octanol–water partition coefficient (Wildman–Crippen LogP) is 4.41. The van der Waals surface area contributed by atoms with E-state index in [1.54, 1.807) is 24.3 Å². The lowest BCUT2D eigenvalue weighted by Gasteiger charge is -2.10. The quantitative estimate of drug-likeness (QED) is 0.646. The van der Waals surface area contributed by atoms with Gasteiger partial charge in [0.2, 0.25) is 0 Å². The lowest BCUT2D eigenvalue weighted by Crippen LogP contribution is -2.15. The molecule has 0 heterocycles. The van der Waals surface area contributed by atoms with Gasteiger partial charge in [0.1, 0.15) is 11.6 Å². The van der Waals surface area contributed by atoms with Crippen molar-refractivity contribution in [1.82, 2.24) is 0 Å². The molecule has 23 heavy (non-hydrogen) atoms. The first-order valence-electron chi connectivity index (χ1n) is 7.02. The number of nitriles is 1. The van der Waals surface area contributed by atoms with Gasteiger partial charge in [-0.25, -0.2) is 0 Å². The zero-order valence-corrected chi connectivity index (χ0v) is 13.6. The smallest absolute Gasteiger partial charge is 0.267 e. The fraction of sp³-hybridized carbons (Fsp3) is 0.111. The highest BCUT2D eigenvalue weighted by molar-refractivity contribution is 6.33. The average molecular weight is 326 g/mol. The summed E-state index contributed by atoms with van der Waals surface area (Å²) in [6.07, 6.45) is 1.35. The molecule has 0 aliphatic rings. The molecule has 0 bridgehead atoms. The maximum absolute atomic E-state index is 12.2. The molecule has 0 saturated carbocycles. The molecule has 0 unspecified atom stereocenters. The molecular formula is C18H16ClN3O. The highest BCUT2D eigenvalue weighted by Crippen LogP contribution is 2.21. The van der Waals surface area contributed by atoms with Crippen LogP contribution in [0.3, 0.4) is 0 Å². The number of anilines is 2. The number of rotatable bonds is 4. The van der Waals surface area contributed by atoms with Crippen molar-refractivity contribution in [3.05, 3.63) is 70.4 Å². The van der Waals surface area contributed by atoms with Crippen molar-refractivity contribution in [2.45, 2.75) is 13.8 Å². The van der Waals surface area contributed by atoms with E-state index < -0.39 is 5.91 Å². The summed E-state index contributed by atoms with van der Waals surface area (Å²) < 4.78 is 0. The van der Waals surface area contributed by atoms with Crippen LogP contribution in [0, 0.1) is 25.2 Å². The molecular weight excluding hydrogens is 310 g/mol. The number of benzene rings is 2. The molecule has 0 aromatic heterocycles. The molecule has 2 N–H and O–H groups in total. The molecule has 5 heteroatoms. The van der Waals surface area contributed by atoms with Crippen LogP contribution in [0.1, 0.15) is 11.1 Å². The van der Waals surface area contributed by atoms with Crippen LogP contribution in [0.25, 0.3) is 0 Å². The van der Waals surface area contributed by atoms with Crippen molar-refractivity contribution in [2.24, 2.45) is 0 Å². The number of halogens is 1. The molecule has 2 rings (SSSR count). The van der Waals surface area contributed by atoms with Crippen LogP contribution >= 0.6 is 11.6 Å². The third-order valence-corrected chi connectivity index (χ3v) is 3.79. The summed E-state index contributed by atoms with van der Waals surface area (Å²) in [6, 6.07) is 14.6. The second-order valence-electron chi connectivity index (χ2n) is 5.00. The van der Waals surface area contributed by atoms with Gasteiger partial charge in [0.05, 0.1) is 10.7 Å². The number of carbonyl (C=O) groups excluding carboxylic acids is 1. The fourth-order valence-electron chi connectivity index (χ4n) is 1.95. The number of para-hydroxylation sites is 1. The van der Waals surface area contributed by atoms with Gasteiger partial charge in [-0.15, -0.1) is 0 Å². The summed E-state index contributed by atoms with van der Waals surface area (Å²) in [7, 11) is 0. The number of nitrogens with zero attached hydrogens (tertiary/aromatic N) is 1. The zero-order chi connectivity index (χ0) is 16.8. The summed E-state index contributed by atoms with van der Waals surface area (Å²) in [5, 5.41) is 15.3. The number of amides is 1. The molecule has 116 valence electrons. The van der Waals surface area contributed by atoms with Crippen molar-refractivity contribution < 1.29 is 4.79 Å². The Morgan fingerprint density at radius 1 is 1.13 bits per heavy atom. The topological polar surface area (TPSA) is 64.9 Å². The van der Waals surface area contributed by atoms with Crippen molar-refractivity contribution in [3.8, 4) is 6.07 Å². The molecule has 0 saturated heterocycles. The molecule has 4 nitrogen and oxygen atoms in total. The molecule has 2 aromatic rings. The van der Waals surface area contributed by atoms with E-state index in [0.717, 1.165) is 11.1 Å². The first kappa shape index (κ1) is 16.6. The van der Waals surface area contributed by atoms with Crippen LogP contribution in [0.5, 0.6) is 0 Å². The van der Waals surface area contributed by atoms with Gasteiger partial charge in [-0.1, -0.05) is 35.9 Å². The van der Waals surface area contributed by atoms with Crippen molar-refractivity contribution in [3.63, 3.8) is 0 Å². The molecule has 0 radical (unpaired) electrons. The summed E-state index contributed by atoms with van der Waals surface area (Å²) in [5.74, 6) is -0.472. The van der Waals surface area contributed by atoms with Crippen molar-refractivity contribution >= 4 is 28.9 Å². The third-order valence-electron chi connectivity index (χ3n) is 3.46. The van der Waals surface area contributed by atoms with Crippen LogP contribution in [-0.2, 0) is 4.79 Å². The van der Waals surface area contributed by atoms with Gasteiger partial charge < -0.3 is 10.6 Å². The minimum absolute atomic E-state index is 0.0363. The molecule has 2 aromatic carbocycles. The van der Waals surface area contributed by atoms with Crippen LogP contribution in [-0.4, -0.2) is 5.91 Å². The zero-order valence-electron chi connectivity index (χ0n) is 12.9. The number of hydrogen-bond acceptors (Lipinski definition) is 3. The van der Waals surface area contributed by atoms with Gasteiger partial charge in [-0.3, -0.25) is 4.79 Å². The first-order valence-corrected chi connectivity index (χ1v) is 7.39. The Balaban J connectivity index is 2.16. The Bertz CT molecular complexity index is 806. The number of hydrogen-bond donors (Lipinski definition) is 2. The summed E-state index contributed by atoms with van der Waals surface area (Å²) in [5.41, 5.74) is 3.32. The summed E-state index contributed by atoms with van der Waals surface area (Å²) >= 11 is 6.02. The Morgan fingerprint density at radius 2 is 1.83 bits per heavy atom. The summed E-state index contributed by atoms with van der Waals surface area (Å²) in [6.45, 7) is 3.88. The number of aryl methyl sites for hydroxylation is 1. The van der Waals surface area contributed by atoms with E-state index in [0.29, 0.717) is 16.4 Å². The first-order chi connectivity index (χ1) is 11.0. The highest BCUT2D eigenvalue weighted by Gasteiger charge is 2.11. The maximum atomic E-state index is 12.2. The Labute approximate surface area is 140 Å². The second-order valence-corrected chi connectivity index (χ2v) is 5.40. The van der Waals surface area contributed by atoms with E-state index in [1.165, 1.54) is 6.20 Å². The van der Waals surface area contributed by atoms with Crippen LogP contribution in [0.4, 0.5) is 11.4 Å². The lowest BCUT2D eigenvalue weighted by atomic mass is 10.1. The number of nitrogens with one attached hydrogen (secondary N) is 2. The molecule has 1 amide bonds. The minimum Gasteiger partial charge on any atom is -0.359 e. The minimum atomic E-state index is -0.472. The van der Waals surface area contributed by atoms with Crippen molar-refractivity contribution in [2.75, 3.05) is 10.6 Å². The van der Waals surface area contributed by atoms with Crippen LogP contribution in [0.2, 0.25) is 5.02 Å². The molecule has 0 spiro atoms. The van der Waals surface area contributed by atoms with Gasteiger partial charge in [0.25, 0.3) is 5.91 Å². The summed E-state index contributed by atoms with van der Waals surface area (Å²) in [4.78, 5) is 12.2. The van der Waals surface area contributed by atoms with E-state index in [2.05, 4.69) is 10.6 Å². The second kappa shape index (κ2) is 7.48. The standard InChI is InChI=1S/C18H16ClN3O/c1-12-6-5-9-16(13(12)2)22-18(23)14(10-20)11-21-17-8-4-3-7-15(17)19/h3-9,11,21H,1-2H3,(H,22,23)/b14-11-. The van der Waals surface area contributed by atoms with Crippen LogP contribution < -0.4 is 10.6 Å². The molecule has 0 aliphatic heterocycles. The van der Waals surface area contributed by atoms with Gasteiger partial charge >= 0.3 is 0 Å². The molecule has 0 fully saturated rings. The Kier molecular flexibility index (Phi) is 5.40. The largest absolute Gasteiger partial charge is 0.359 e. The van der Waals surface area contributed by atoms with E-state index in [9.17, 15) is 10.1 Å². The third kappa shape index (κ3) is 4.12. The van der Waals surface area contributed by atoms with E-state index >= 15 is 0 Å². The normalized spacial score (nSPS) is 10.8. The molecule has 0 aliphatic carbocycles. The highest BCUT2D eigenvalue weighted by atomic mass is 35.5. The lowest BCUT2D eigenvalue weighted by molar-refractivity contribution is -0.112. The van der Waals surface area contributed by atoms with Gasteiger partial charge in [0, 0.05) is 11.9 Å². The van der Waals surface area contributed by atoms with Gasteiger partial charge in [0.15, 0.2) is 0 Å². The van der Waals surface area contributed by atoms with E-state index in [4.69, 9.17) is 11.6 Å². The SMILES string of the molecule is Cc1cccc(NC(=O)/C(C#N)=C\Nc2ccccc2Cl)c1C. The van der Waals surface area contributed by atoms with E-state index in [-0.39, 0.29) is 5.57 Å².